The molecule has 0 aliphatic carbocycles. The molecule has 1 atom stereocenters. The van der Waals surface area contributed by atoms with Crippen LogP contribution in [0.5, 0.6) is 0 Å². The van der Waals surface area contributed by atoms with E-state index in [1.54, 1.807) is 11.3 Å². The third kappa shape index (κ3) is 5.24. The maximum atomic E-state index is 3.88. The van der Waals surface area contributed by atoms with Crippen LogP contribution in [0.3, 0.4) is 0 Å². The minimum atomic E-state index is 0. The molecule has 2 rings (SSSR count). The van der Waals surface area contributed by atoms with Crippen molar-refractivity contribution < 1.29 is 2.92 Å². The average molecular weight is 437 g/mol. The molecule has 0 saturated heterocycles. The molecular weight excluding hydrogens is 427 g/mol. The van der Waals surface area contributed by atoms with Crippen LogP contribution >= 0.6 is 69.7 Å². The number of thiophene rings is 1. The summed E-state index contributed by atoms with van der Waals surface area (Å²) in [5.74, 6) is 0. The second-order valence-electron chi connectivity index (χ2n) is 2.48. The van der Waals surface area contributed by atoms with E-state index in [0.29, 0.717) is 0 Å². The molecule has 1 heterocycles. The number of fused-ring (bicyclic) bond motifs is 1. The Morgan fingerprint density at radius 3 is 2.47 bits per heavy atom. The van der Waals surface area contributed by atoms with Gasteiger partial charge in [0.1, 0.15) is 32.5 Å². The third-order valence-corrected chi connectivity index (χ3v) is 3.20. The number of rotatable bonds is 1. The van der Waals surface area contributed by atoms with Crippen LogP contribution in [0.1, 0.15) is 5.56 Å². The lowest BCUT2D eigenvalue weighted by molar-refractivity contribution is 0.838. The summed E-state index contributed by atoms with van der Waals surface area (Å²) >= 11 is 10.4. The quantitative estimate of drug-likeness (QED) is 0.425. The molecule has 0 aliphatic heterocycles. The maximum absolute atomic E-state index is 3.88. The summed E-state index contributed by atoms with van der Waals surface area (Å²) in [6.45, 7) is 0. The van der Waals surface area contributed by atoms with Gasteiger partial charge >= 0.3 is 0 Å². The predicted molar refractivity (Wildman–Crippen MR) is 84.5 cm³/mol. The topological polar surface area (TPSA) is 9.23 Å². The molecule has 0 aliphatic rings. The van der Waals surface area contributed by atoms with Gasteiger partial charge in [-0.1, -0.05) is 28.1 Å². The highest BCUT2D eigenvalue weighted by Gasteiger charge is 1.94. The van der Waals surface area contributed by atoms with Gasteiger partial charge in [-0.05, 0) is 28.5 Å². The Kier molecular flexibility index (Phi) is 9.69. The van der Waals surface area contributed by atoms with Crippen LogP contribution in [-0.4, -0.2) is 0 Å². The lowest BCUT2D eigenvalue weighted by Gasteiger charge is -1.93. The van der Waals surface area contributed by atoms with Crippen LogP contribution in [-0.2, 0) is 8.25 Å². The molecule has 0 amide bonds. The normalized spacial score (nSPS) is 9.00. The fourth-order valence-electron chi connectivity index (χ4n) is 1.08. The summed E-state index contributed by atoms with van der Waals surface area (Å²) < 4.78 is 5.25. The Balaban J connectivity index is 0.000000443. The SMILES string of the molecule is BrCc1ccc2ccsc2c1.BrOBr.P. The van der Waals surface area contributed by atoms with E-state index >= 15 is 0 Å². The zero-order valence-electron chi connectivity index (χ0n) is 7.75. The number of hydrogen-bond acceptors (Lipinski definition) is 2. The number of benzene rings is 1. The van der Waals surface area contributed by atoms with Crippen LogP contribution in [0.25, 0.3) is 10.1 Å². The standard InChI is InChI=1S/C9H7BrS.Br2O.H3P/c10-6-7-1-2-8-3-4-11-9(8)5-7;1-3-2;/h1-5H,6H2;;1H3. The first-order chi connectivity index (χ1) is 6.81. The molecule has 6 heteroatoms. The summed E-state index contributed by atoms with van der Waals surface area (Å²) in [7, 11) is 0. The van der Waals surface area contributed by atoms with Gasteiger partial charge < -0.3 is 0 Å². The fourth-order valence-corrected chi connectivity index (χ4v) is 2.28. The molecule has 0 bridgehead atoms. The van der Waals surface area contributed by atoms with E-state index in [1.807, 2.05) is 0 Å². The molecule has 0 spiro atoms. The first-order valence-electron chi connectivity index (χ1n) is 3.73. The van der Waals surface area contributed by atoms with Crippen molar-refractivity contribution in [2.45, 2.75) is 5.33 Å². The highest BCUT2D eigenvalue weighted by atomic mass is 79.9. The lowest BCUT2D eigenvalue weighted by Crippen LogP contribution is -1.73. The van der Waals surface area contributed by atoms with E-state index in [2.05, 4.69) is 81.0 Å². The van der Waals surface area contributed by atoms with E-state index in [9.17, 15) is 0 Å². The molecule has 1 nitrogen and oxygen atoms in total. The molecule has 2 aromatic rings. The summed E-state index contributed by atoms with van der Waals surface area (Å²) in [6, 6.07) is 8.71. The smallest absolute Gasteiger partial charge is 0.115 e. The van der Waals surface area contributed by atoms with Gasteiger partial charge in [0.25, 0.3) is 0 Å². The van der Waals surface area contributed by atoms with Crippen molar-refractivity contribution in [3.8, 4) is 0 Å². The van der Waals surface area contributed by atoms with Crippen LogP contribution in [0, 0.1) is 0 Å². The molecule has 1 aromatic carbocycles. The lowest BCUT2D eigenvalue weighted by atomic mass is 10.2. The van der Waals surface area contributed by atoms with E-state index in [-0.39, 0.29) is 9.90 Å². The van der Waals surface area contributed by atoms with Crippen LogP contribution in [0.15, 0.2) is 29.6 Å². The Hall–Kier alpha value is 1.01. The van der Waals surface area contributed by atoms with Crippen LogP contribution in [0.2, 0.25) is 0 Å². The Morgan fingerprint density at radius 1 is 1.20 bits per heavy atom. The van der Waals surface area contributed by atoms with Gasteiger partial charge in [0.2, 0.25) is 0 Å². The van der Waals surface area contributed by atoms with Gasteiger partial charge in [0, 0.05) is 10.0 Å². The summed E-state index contributed by atoms with van der Waals surface area (Å²) in [4.78, 5) is 0. The number of halogens is 3. The highest BCUT2D eigenvalue weighted by Crippen LogP contribution is 2.22. The van der Waals surface area contributed by atoms with Gasteiger partial charge in [-0.25, -0.2) is 2.92 Å². The average Bonchev–Trinajstić information content (AvgIpc) is 2.65. The Labute approximate surface area is 122 Å². The molecular formula is C9H10Br3OPS. The predicted octanol–water partition coefficient (Wildman–Crippen LogP) is 5.48. The van der Waals surface area contributed by atoms with Gasteiger partial charge in [0.15, 0.2) is 0 Å². The molecule has 0 radical (unpaired) electrons. The first-order valence-corrected chi connectivity index (χ1v) is 7.03. The van der Waals surface area contributed by atoms with Crippen molar-refractivity contribution in [1.29, 1.82) is 0 Å². The minimum Gasteiger partial charge on any atom is -0.230 e. The second kappa shape index (κ2) is 9.08. The molecule has 15 heavy (non-hydrogen) atoms. The Morgan fingerprint density at radius 2 is 1.87 bits per heavy atom. The van der Waals surface area contributed by atoms with Crippen molar-refractivity contribution in [1.82, 2.24) is 0 Å². The van der Waals surface area contributed by atoms with E-state index in [4.69, 9.17) is 0 Å². The first kappa shape index (κ1) is 16.0. The molecule has 1 aromatic heterocycles. The van der Waals surface area contributed by atoms with Crippen molar-refractivity contribution in [2.75, 3.05) is 0 Å². The maximum Gasteiger partial charge on any atom is 0.115 e. The molecule has 0 N–H and O–H groups in total. The van der Waals surface area contributed by atoms with Crippen molar-refractivity contribution >= 4 is 79.8 Å². The molecule has 84 valence electrons. The highest BCUT2D eigenvalue weighted by molar-refractivity contribution is 9.18. The molecule has 0 fully saturated rings. The summed E-state index contributed by atoms with van der Waals surface area (Å²) in [5.41, 5.74) is 1.35. The second-order valence-corrected chi connectivity index (χ2v) is 5.51. The van der Waals surface area contributed by atoms with Crippen LogP contribution in [0.4, 0.5) is 0 Å². The van der Waals surface area contributed by atoms with Gasteiger partial charge in [-0.15, -0.1) is 11.3 Å². The largest absolute Gasteiger partial charge is 0.230 e. The number of hydrogen-bond donors (Lipinski definition) is 0. The van der Waals surface area contributed by atoms with E-state index in [0.717, 1.165) is 5.33 Å². The van der Waals surface area contributed by atoms with Crippen molar-refractivity contribution in [2.24, 2.45) is 0 Å². The summed E-state index contributed by atoms with van der Waals surface area (Å²) in [6.07, 6.45) is 0. The molecule has 0 saturated carbocycles. The van der Waals surface area contributed by atoms with Crippen molar-refractivity contribution in [3.05, 3.63) is 35.2 Å². The fraction of sp³-hybridized carbons (Fsp3) is 0.111. The van der Waals surface area contributed by atoms with E-state index in [1.165, 1.54) is 15.6 Å². The van der Waals surface area contributed by atoms with Gasteiger partial charge in [-0.2, -0.15) is 9.90 Å². The zero-order valence-corrected chi connectivity index (χ0v) is 14.7. The number of alkyl halides is 1. The monoisotopic (exact) mass is 434 g/mol. The van der Waals surface area contributed by atoms with Gasteiger partial charge in [0.05, 0.1) is 0 Å². The van der Waals surface area contributed by atoms with Crippen LogP contribution < -0.4 is 0 Å². The van der Waals surface area contributed by atoms with E-state index < -0.39 is 0 Å². The summed E-state index contributed by atoms with van der Waals surface area (Å²) in [5, 5.41) is 4.42. The third-order valence-electron chi connectivity index (χ3n) is 1.67. The minimum absolute atomic E-state index is 0. The molecule has 1 unspecified atom stereocenters. The van der Waals surface area contributed by atoms with Gasteiger partial charge in [-0.3, -0.25) is 0 Å². The van der Waals surface area contributed by atoms with Crippen molar-refractivity contribution in [3.63, 3.8) is 0 Å². The zero-order chi connectivity index (χ0) is 10.4. The Bertz CT molecular complexity index is 393.